The monoisotopic (exact) mass is 470 g/mol. The molecule has 0 unspecified atom stereocenters. The Morgan fingerprint density at radius 1 is 1.14 bits per heavy atom. The Hall–Kier alpha value is -3.98. The number of para-hydroxylation sites is 1. The van der Waals surface area contributed by atoms with E-state index in [1.54, 1.807) is 0 Å². The van der Waals surface area contributed by atoms with Gasteiger partial charge in [-0.25, -0.2) is 0 Å². The molecule has 9 heteroatoms. The quantitative estimate of drug-likeness (QED) is 0.245. The molecule has 1 aliphatic rings. The topological polar surface area (TPSA) is 106 Å². The van der Waals surface area contributed by atoms with Crippen LogP contribution in [0.2, 0.25) is 0 Å². The summed E-state index contributed by atoms with van der Waals surface area (Å²) in [5.74, 6) is 1.92. The van der Waals surface area contributed by atoms with Crippen molar-refractivity contribution in [3.63, 3.8) is 0 Å². The molecule has 0 saturated carbocycles. The second kappa shape index (κ2) is 10.1. The van der Waals surface area contributed by atoms with E-state index in [1.807, 2.05) is 24.0 Å². The van der Waals surface area contributed by atoms with Gasteiger partial charge in [0, 0.05) is 59.2 Å². The van der Waals surface area contributed by atoms with Crippen LogP contribution in [0.15, 0.2) is 54.7 Å². The summed E-state index contributed by atoms with van der Waals surface area (Å²) in [6.45, 7) is 9.34. The van der Waals surface area contributed by atoms with E-state index in [0.717, 1.165) is 53.1 Å². The normalized spacial score (nSPS) is 13.8. The molecule has 1 fully saturated rings. The first kappa shape index (κ1) is 22.8. The molecule has 180 valence electrons. The third kappa shape index (κ3) is 5.09. The molecule has 4 aromatic rings. The van der Waals surface area contributed by atoms with E-state index < -0.39 is 0 Å². The number of aromatic amines is 1. The van der Waals surface area contributed by atoms with Gasteiger partial charge in [-0.15, -0.1) is 0 Å². The van der Waals surface area contributed by atoms with Gasteiger partial charge in [0.2, 0.25) is 11.9 Å². The van der Waals surface area contributed by atoms with Gasteiger partial charge >= 0.3 is 0 Å². The number of rotatable bonds is 9. The van der Waals surface area contributed by atoms with Crippen molar-refractivity contribution in [3.05, 3.63) is 60.6 Å². The van der Waals surface area contributed by atoms with Crippen LogP contribution < -0.4 is 10.2 Å². The van der Waals surface area contributed by atoms with Crippen LogP contribution in [0.3, 0.4) is 0 Å². The van der Waals surface area contributed by atoms with Crippen LogP contribution in [0.4, 0.5) is 17.6 Å². The average Bonchev–Trinajstić information content (AvgIpc) is 3.25. The molecule has 9 nitrogen and oxygen atoms in total. The Balaban J connectivity index is 1.41. The first-order chi connectivity index (χ1) is 17.1. The summed E-state index contributed by atoms with van der Waals surface area (Å²) in [6.07, 6.45) is 2.78. The molecular formula is C26H30N8O. The second-order valence-electron chi connectivity index (χ2n) is 8.69. The number of morpholine rings is 1. The Bertz CT molecular complexity index is 1360. The van der Waals surface area contributed by atoms with Crippen LogP contribution in [-0.4, -0.2) is 64.0 Å². The zero-order chi connectivity index (χ0) is 24.2. The molecule has 0 spiro atoms. The molecule has 2 aromatic heterocycles. The van der Waals surface area contributed by atoms with E-state index in [-0.39, 0.29) is 0 Å². The van der Waals surface area contributed by atoms with Crippen LogP contribution >= 0.6 is 0 Å². The minimum absolute atomic E-state index is 0.527. The van der Waals surface area contributed by atoms with Crippen molar-refractivity contribution in [3.8, 4) is 0 Å². The van der Waals surface area contributed by atoms with Gasteiger partial charge in [-0.1, -0.05) is 24.8 Å². The second-order valence-corrected chi connectivity index (χ2v) is 8.69. The van der Waals surface area contributed by atoms with Crippen molar-refractivity contribution in [1.82, 2.24) is 24.8 Å². The number of aryl methyl sites for hydroxylation is 1. The number of nitrogens with zero attached hydrogens (tertiary/aromatic N) is 5. The number of hydrogen-bond donors (Lipinski definition) is 3. The van der Waals surface area contributed by atoms with Crippen LogP contribution in [0.1, 0.15) is 19.2 Å². The van der Waals surface area contributed by atoms with E-state index >= 15 is 0 Å². The minimum atomic E-state index is 0.527. The summed E-state index contributed by atoms with van der Waals surface area (Å²) in [5, 5.41) is 13.3. The van der Waals surface area contributed by atoms with Crippen molar-refractivity contribution >= 4 is 45.7 Å². The summed E-state index contributed by atoms with van der Waals surface area (Å²) in [6, 6.07) is 14.5. The molecule has 5 rings (SSSR count). The number of fused-ring (bicyclic) bond motifs is 3. The van der Waals surface area contributed by atoms with Gasteiger partial charge in [0.25, 0.3) is 0 Å². The molecule has 0 aliphatic carbocycles. The maximum absolute atomic E-state index is 7.56. The number of allylic oxidation sites excluding steroid dienone is 1. The number of ether oxygens (including phenoxy) is 1. The highest BCUT2D eigenvalue weighted by Gasteiger charge is 2.17. The fourth-order valence-electron chi connectivity index (χ4n) is 4.31. The Morgan fingerprint density at radius 2 is 1.94 bits per heavy atom. The molecule has 1 saturated heterocycles. The highest BCUT2D eigenvalue weighted by atomic mass is 16.5. The zero-order valence-electron chi connectivity index (χ0n) is 19.9. The summed E-state index contributed by atoms with van der Waals surface area (Å²) < 4.78 is 5.51. The first-order valence-corrected chi connectivity index (χ1v) is 11.9. The average molecular weight is 471 g/mol. The number of hydrogen-bond acceptors (Lipinski definition) is 7. The largest absolute Gasteiger partial charge is 0.378 e. The van der Waals surface area contributed by atoms with Crippen molar-refractivity contribution in [1.29, 1.82) is 5.41 Å². The standard InChI is InChI=1S/C26H30N8O/c1-18(2)34(17-27)11-5-8-24-30-25(32-26(31-24)33-12-14-35-15-13-33)28-19-9-10-23-21(16-19)20-6-3-4-7-22(20)29-23/h3-4,6-7,9-10,16-17,27,29H,1,5,8,11-15H2,2H3,(H,28,30,31,32). The predicted octanol–water partition coefficient (Wildman–Crippen LogP) is 4.46. The summed E-state index contributed by atoms with van der Waals surface area (Å²) >= 11 is 0. The maximum atomic E-state index is 7.56. The van der Waals surface area contributed by atoms with E-state index in [4.69, 9.17) is 25.1 Å². The molecule has 0 amide bonds. The third-order valence-corrected chi connectivity index (χ3v) is 6.17. The fraction of sp³-hybridized carbons (Fsp3) is 0.308. The van der Waals surface area contributed by atoms with Crippen LogP contribution in [0.5, 0.6) is 0 Å². The van der Waals surface area contributed by atoms with Crippen LogP contribution in [-0.2, 0) is 11.2 Å². The predicted molar refractivity (Wildman–Crippen MR) is 141 cm³/mol. The van der Waals surface area contributed by atoms with E-state index in [1.165, 1.54) is 11.7 Å². The molecule has 0 radical (unpaired) electrons. The molecule has 2 aromatic carbocycles. The fourth-order valence-corrected chi connectivity index (χ4v) is 4.31. The van der Waals surface area contributed by atoms with Crippen molar-refractivity contribution < 1.29 is 4.74 Å². The first-order valence-electron chi connectivity index (χ1n) is 11.9. The molecule has 0 bridgehead atoms. The van der Waals surface area contributed by atoms with Gasteiger partial charge in [0.1, 0.15) is 5.82 Å². The van der Waals surface area contributed by atoms with Gasteiger partial charge in [-0.3, -0.25) is 5.41 Å². The van der Waals surface area contributed by atoms with Gasteiger partial charge < -0.3 is 24.8 Å². The van der Waals surface area contributed by atoms with Crippen molar-refractivity contribution in [2.24, 2.45) is 0 Å². The van der Waals surface area contributed by atoms with E-state index in [9.17, 15) is 0 Å². The van der Waals surface area contributed by atoms with Crippen molar-refractivity contribution in [2.45, 2.75) is 19.8 Å². The summed E-state index contributed by atoms with van der Waals surface area (Å²) in [5.41, 5.74) is 3.98. The Labute approximate surface area is 204 Å². The number of nitrogens with one attached hydrogen (secondary N) is 3. The van der Waals surface area contributed by atoms with Gasteiger partial charge in [-0.05, 0) is 37.6 Å². The highest BCUT2D eigenvalue weighted by Crippen LogP contribution is 2.28. The lowest BCUT2D eigenvalue weighted by molar-refractivity contribution is 0.122. The lowest BCUT2D eigenvalue weighted by Crippen LogP contribution is -2.37. The SMILES string of the molecule is C=C(C)N(C=N)CCCc1nc(Nc2ccc3[nH]c4ccccc4c3c2)nc(N2CCOCC2)n1. The molecule has 35 heavy (non-hydrogen) atoms. The number of H-pyrrole nitrogens is 1. The third-order valence-electron chi connectivity index (χ3n) is 6.17. The molecular weight excluding hydrogens is 440 g/mol. The van der Waals surface area contributed by atoms with Gasteiger partial charge in [0.05, 0.1) is 19.6 Å². The number of benzene rings is 2. The maximum Gasteiger partial charge on any atom is 0.232 e. The Morgan fingerprint density at radius 3 is 2.74 bits per heavy atom. The van der Waals surface area contributed by atoms with Gasteiger partial charge in [0.15, 0.2) is 0 Å². The van der Waals surface area contributed by atoms with E-state index in [2.05, 4.69) is 52.1 Å². The minimum Gasteiger partial charge on any atom is -0.378 e. The molecule has 1 aliphatic heterocycles. The van der Waals surface area contributed by atoms with Crippen molar-refractivity contribution in [2.75, 3.05) is 43.1 Å². The van der Waals surface area contributed by atoms with E-state index in [0.29, 0.717) is 38.1 Å². The van der Waals surface area contributed by atoms with Crippen LogP contribution in [0, 0.1) is 5.41 Å². The van der Waals surface area contributed by atoms with Gasteiger partial charge in [-0.2, -0.15) is 15.0 Å². The van der Waals surface area contributed by atoms with Crippen LogP contribution in [0.25, 0.3) is 21.8 Å². The molecule has 0 atom stereocenters. The lowest BCUT2D eigenvalue weighted by atomic mass is 10.1. The zero-order valence-corrected chi connectivity index (χ0v) is 19.9. The molecule has 3 N–H and O–H groups in total. The number of anilines is 3. The number of aromatic nitrogens is 4. The molecule has 3 heterocycles. The Kier molecular flexibility index (Phi) is 6.58. The lowest BCUT2D eigenvalue weighted by Gasteiger charge is -2.27. The highest BCUT2D eigenvalue weighted by molar-refractivity contribution is 6.08. The summed E-state index contributed by atoms with van der Waals surface area (Å²) in [7, 11) is 0. The summed E-state index contributed by atoms with van der Waals surface area (Å²) in [4.78, 5) is 21.6. The smallest absolute Gasteiger partial charge is 0.232 e.